The van der Waals surface area contributed by atoms with Crippen LogP contribution >= 0.6 is 0 Å². The second kappa shape index (κ2) is 10.1. The third-order valence-electron chi connectivity index (χ3n) is 4.37. The van der Waals surface area contributed by atoms with Crippen LogP contribution in [0, 0.1) is 17.1 Å². The number of aromatic nitrogens is 1. The Balaban J connectivity index is 0.00000289. The summed E-state index contributed by atoms with van der Waals surface area (Å²) in [4.78, 5) is 16.2. The van der Waals surface area contributed by atoms with Crippen molar-refractivity contribution < 1.29 is 48.6 Å². The predicted molar refractivity (Wildman–Crippen MR) is 111 cm³/mol. The molecule has 1 aromatic heterocycles. The van der Waals surface area contributed by atoms with E-state index in [1.165, 1.54) is 42.6 Å². The van der Waals surface area contributed by atoms with Gasteiger partial charge in [-0.3, -0.25) is 4.98 Å². The van der Waals surface area contributed by atoms with Crippen LogP contribution < -0.4 is 50.0 Å². The summed E-state index contributed by atoms with van der Waals surface area (Å²) in [6.45, 7) is 0. The number of nitriles is 1. The molecule has 0 saturated heterocycles. The number of nitrogens with one attached hydrogen (secondary N) is 2. The Morgan fingerprint density at radius 2 is 1.62 bits per heavy atom. The number of carbonyl (C=O) groups is 1. The van der Waals surface area contributed by atoms with Crippen molar-refractivity contribution in [2.75, 3.05) is 10.6 Å². The topological polar surface area (TPSA) is 110 Å². The second-order valence-electron chi connectivity index (χ2n) is 6.50. The molecule has 2 N–H and O–H groups in total. The molecule has 0 aliphatic carbocycles. The van der Waals surface area contributed by atoms with Crippen LogP contribution in [0.5, 0.6) is 17.2 Å². The van der Waals surface area contributed by atoms with Gasteiger partial charge >= 0.3 is 35.6 Å². The first kappa shape index (κ1) is 23.0. The van der Waals surface area contributed by atoms with E-state index in [9.17, 15) is 14.3 Å². The number of urea groups is 1. The normalized spacial score (nSPS) is 10.0. The minimum atomic E-state index is -0.474. The number of nitrogens with zero attached hydrogens (tertiary/aromatic N) is 2. The van der Waals surface area contributed by atoms with E-state index >= 15 is 0 Å². The van der Waals surface area contributed by atoms with E-state index in [4.69, 9.17) is 10.00 Å². The molecule has 0 bridgehead atoms. The van der Waals surface area contributed by atoms with Crippen molar-refractivity contribution >= 4 is 28.3 Å². The molecule has 0 saturated carbocycles. The maximum absolute atomic E-state index is 12.9. The maximum Gasteiger partial charge on any atom is 1.00 e. The Morgan fingerprint density at radius 3 is 2.25 bits per heavy atom. The van der Waals surface area contributed by atoms with Crippen LogP contribution in [0.15, 0.2) is 72.9 Å². The van der Waals surface area contributed by atoms with Gasteiger partial charge in [0.15, 0.2) is 0 Å². The monoisotopic (exact) mass is 436 g/mol. The molecule has 0 radical (unpaired) electrons. The largest absolute Gasteiger partial charge is 1.00 e. The summed E-state index contributed by atoms with van der Waals surface area (Å²) in [5, 5.41) is 26.7. The zero-order valence-electron chi connectivity index (χ0n) is 16.9. The fourth-order valence-electron chi connectivity index (χ4n) is 2.88. The van der Waals surface area contributed by atoms with Crippen LogP contribution in [0.25, 0.3) is 10.9 Å². The van der Waals surface area contributed by atoms with Crippen LogP contribution in [0.2, 0.25) is 0 Å². The minimum Gasteiger partial charge on any atom is -0.872 e. The number of pyridine rings is 1. The fourth-order valence-corrected chi connectivity index (χ4v) is 2.88. The first-order valence-corrected chi connectivity index (χ1v) is 9.13. The van der Waals surface area contributed by atoms with Crippen molar-refractivity contribution in [3.05, 3.63) is 84.3 Å². The van der Waals surface area contributed by atoms with Crippen LogP contribution in [0.1, 0.15) is 5.56 Å². The van der Waals surface area contributed by atoms with E-state index in [0.717, 1.165) is 0 Å². The molecule has 0 spiro atoms. The fraction of sp³-hybridized carbons (Fsp3) is 0. The van der Waals surface area contributed by atoms with Gasteiger partial charge in [0.25, 0.3) is 0 Å². The number of ether oxygens (including phenoxy) is 1. The molecule has 2 amide bonds. The molecule has 4 rings (SSSR count). The molecule has 0 aliphatic heterocycles. The maximum atomic E-state index is 12.9. The predicted octanol–water partition coefficient (Wildman–Crippen LogP) is 1.76. The summed E-state index contributed by atoms with van der Waals surface area (Å²) in [5.74, 6) is 0.146. The molecule has 0 aliphatic rings. The molecule has 1 heterocycles. The molecule has 4 aromatic rings. The number of hydrogen-bond acceptors (Lipinski definition) is 5. The molecule has 0 atom stereocenters. The molecule has 32 heavy (non-hydrogen) atoms. The average molecular weight is 436 g/mol. The molecule has 7 nitrogen and oxygen atoms in total. The first-order valence-electron chi connectivity index (χ1n) is 9.13. The van der Waals surface area contributed by atoms with E-state index in [1.54, 1.807) is 30.3 Å². The van der Waals surface area contributed by atoms with Crippen molar-refractivity contribution in [3.63, 3.8) is 0 Å². The van der Waals surface area contributed by atoms with Crippen molar-refractivity contribution in [2.24, 2.45) is 0 Å². The smallest absolute Gasteiger partial charge is 0.872 e. The van der Waals surface area contributed by atoms with Crippen LogP contribution in [0.4, 0.5) is 20.6 Å². The van der Waals surface area contributed by atoms with Crippen molar-refractivity contribution in [3.8, 4) is 23.3 Å². The van der Waals surface area contributed by atoms with Crippen LogP contribution in [0.3, 0.4) is 0 Å². The van der Waals surface area contributed by atoms with Gasteiger partial charge < -0.3 is 20.5 Å². The molecular formula is C23H14FN4NaO3. The second-order valence-corrected chi connectivity index (χ2v) is 6.50. The zero-order chi connectivity index (χ0) is 21.8. The number of carbonyl (C=O) groups excluding carboxylic acids is 1. The molecular weight excluding hydrogens is 422 g/mol. The van der Waals surface area contributed by atoms with Gasteiger partial charge in [0.05, 0.1) is 11.6 Å². The Kier molecular flexibility index (Phi) is 7.28. The number of rotatable bonds is 4. The van der Waals surface area contributed by atoms with E-state index in [2.05, 4.69) is 15.6 Å². The van der Waals surface area contributed by atoms with Gasteiger partial charge in [-0.2, -0.15) is 5.26 Å². The van der Waals surface area contributed by atoms with E-state index in [-0.39, 0.29) is 40.9 Å². The number of fused-ring (bicyclic) bond motifs is 1. The van der Waals surface area contributed by atoms with E-state index < -0.39 is 11.8 Å². The third kappa shape index (κ3) is 5.34. The Morgan fingerprint density at radius 1 is 1.00 bits per heavy atom. The van der Waals surface area contributed by atoms with Gasteiger partial charge in [0, 0.05) is 28.5 Å². The zero-order valence-corrected chi connectivity index (χ0v) is 18.9. The molecule has 152 valence electrons. The Hall–Kier alpha value is -3.64. The summed E-state index contributed by atoms with van der Waals surface area (Å²) in [6, 6.07) is 17.8. The number of amides is 2. The standard InChI is InChI=1S/C23H15FN4O3.Na/c24-15-1-3-16(4-2-15)27-23(30)28-17-5-7-18(8-6-17)31-22-9-10-26-20-12-21(29)14(13-25)11-19(20)22;/h1-12,29H,(H2,27,28,30);/q;+1/p-1. The number of hydrogen-bond donors (Lipinski definition) is 2. The molecule has 9 heteroatoms. The quantitative estimate of drug-likeness (QED) is 0.474. The van der Waals surface area contributed by atoms with Gasteiger partial charge in [0.1, 0.15) is 17.3 Å². The first-order chi connectivity index (χ1) is 15.0. The van der Waals surface area contributed by atoms with Crippen molar-refractivity contribution in [1.29, 1.82) is 5.26 Å². The van der Waals surface area contributed by atoms with Gasteiger partial charge in [-0.15, -0.1) is 0 Å². The van der Waals surface area contributed by atoms with Gasteiger partial charge in [-0.05, 0) is 66.7 Å². The summed E-state index contributed by atoms with van der Waals surface area (Å²) in [7, 11) is 0. The van der Waals surface area contributed by atoms with Gasteiger partial charge in [0.2, 0.25) is 0 Å². The third-order valence-corrected chi connectivity index (χ3v) is 4.37. The van der Waals surface area contributed by atoms with E-state index in [0.29, 0.717) is 33.8 Å². The van der Waals surface area contributed by atoms with Gasteiger partial charge in [-0.1, -0.05) is 5.75 Å². The summed E-state index contributed by atoms with van der Waals surface area (Å²) in [5.41, 5.74) is 1.42. The average Bonchev–Trinajstić information content (AvgIpc) is 2.76. The molecule has 3 aromatic carbocycles. The Labute approximate surface area is 204 Å². The SMILES string of the molecule is N#Cc1cc2c(Oc3ccc(NC(=O)Nc4ccc(F)cc4)cc3)ccnc2cc1[O-].[Na+]. The van der Waals surface area contributed by atoms with E-state index in [1.807, 2.05) is 6.07 Å². The summed E-state index contributed by atoms with van der Waals surface area (Å²) in [6.07, 6.45) is 1.51. The minimum absolute atomic E-state index is 0. The summed E-state index contributed by atoms with van der Waals surface area (Å²) >= 11 is 0. The van der Waals surface area contributed by atoms with Crippen LogP contribution in [-0.2, 0) is 0 Å². The van der Waals surface area contributed by atoms with Crippen molar-refractivity contribution in [2.45, 2.75) is 0 Å². The summed E-state index contributed by atoms with van der Waals surface area (Å²) < 4.78 is 18.8. The van der Waals surface area contributed by atoms with Crippen LogP contribution in [-0.4, -0.2) is 11.0 Å². The number of anilines is 2. The number of halogens is 1. The molecule has 0 unspecified atom stereocenters. The van der Waals surface area contributed by atoms with Crippen molar-refractivity contribution in [1.82, 2.24) is 4.98 Å². The molecule has 0 fully saturated rings. The number of benzene rings is 3. The Bertz CT molecular complexity index is 1310. The van der Waals surface area contributed by atoms with Gasteiger partial charge in [-0.25, -0.2) is 9.18 Å².